The Morgan fingerprint density at radius 1 is 0.682 bits per heavy atom. The molecule has 18 nitrogen and oxygen atoms in total. The summed E-state index contributed by atoms with van der Waals surface area (Å²) in [5.74, 6) is -9.04. The Labute approximate surface area is 254 Å². The van der Waals surface area contributed by atoms with Crippen LogP contribution in [0.25, 0.3) is 0 Å². The summed E-state index contributed by atoms with van der Waals surface area (Å²) in [5, 5.41) is 38.7. The number of aliphatic hydroxyl groups is 1. The van der Waals surface area contributed by atoms with Gasteiger partial charge < -0.3 is 53.4 Å². The first-order valence-corrected chi connectivity index (χ1v) is 14.0. The van der Waals surface area contributed by atoms with E-state index in [0.29, 0.717) is 6.42 Å². The number of rotatable bonds is 20. The molecule has 44 heavy (non-hydrogen) atoms. The molecule has 0 rings (SSSR count). The van der Waals surface area contributed by atoms with Crippen LogP contribution in [0.2, 0.25) is 0 Å². The highest BCUT2D eigenvalue weighted by Crippen LogP contribution is 2.12. The minimum absolute atomic E-state index is 0.107. The van der Waals surface area contributed by atoms with Gasteiger partial charge in [0, 0.05) is 0 Å². The molecule has 12 N–H and O–H groups in total. The third kappa shape index (κ3) is 14.2. The first-order chi connectivity index (χ1) is 20.3. The number of nitrogens with one attached hydrogen (secondary N) is 5. The Balaban J connectivity index is 5.87. The molecule has 0 radical (unpaired) electrons. The summed E-state index contributed by atoms with van der Waals surface area (Å²) < 4.78 is 0. The smallest absolute Gasteiger partial charge is 0.328 e. The largest absolute Gasteiger partial charge is 0.481 e. The van der Waals surface area contributed by atoms with E-state index in [0.717, 1.165) is 0 Å². The number of aliphatic hydroxyl groups excluding tert-OH is 1. The van der Waals surface area contributed by atoms with Crippen LogP contribution in [-0.2, 0) is 38.4 Å². The van der Waals surface area contributed by atoms with Gasteiger partial charge in [0.05, 0.1) is 25.5 Å². The van der Waals surface area contributed by atoms with Gasteiger partial charge in [0.25, 0.3) is 0 Å². The van der Waals surface area contributed by atoms with E-state index in [1.54, 1.807) is 27.7 Å². The van der Waals surface area contributed by atoms with Crippen LogP contribution in [0.1, 0.15) is 60.3 Å². The van der Waals surface area contributed by atoms with E-state index in [9.17, 15) is 43.5 Å². The molecule has 0 spiro atoms. The van der Waals surface area contributed by atoms with Crippen molar-refractivity contribution in [2.24, 2.45) is 23.3 Å². The normalized spacial score (nSPS) is 15.7. The van der Waals surface area contributed by atoms with E-state index < -0.39 is 109 Å². The molecular weight excluding hydrogens is 586 g/mol. The Kier molecular flexibility index (Phi) is 17.2. The summed E-state index contributed by atoms with van der Waals surface area (Å²) in [6, 6.07) is -8.46. The van der Waals surface area contributed by atoms with Gasteiger partial charge in [-0.3, -0.25) is 33.6 Å². The predicted molar refractivity (Wildman–Crippen MR) is 153 cm³/mol. The van der Waals surface area contributed by atoms with E-state index in [1.165, 1.54) is 6.92 Å². The molecule has 0 fully saturated rings. The van der Waals surface area contributed by atoms with Crippen LogP contribution in [0.5, 0.6) is 0 Å². The fourth-order valence-corrected chi connectivity index (χ4v) is 3.75. The Hall–Kier alpha value is -4.32. The molecular formula is C26H45N7O11. The second kappa shape index (κ2) is 19.1. The highest BCUT2D eigenvalue weighted by Gasteiger charge is 2.34. The molecule has 0 bridgehead atoms. The minimum Gasteiger partial charge on any atom is -0.481 e. The molecule has 0 heterocycles. The number of amides is 6. The average Bonchev–Trinajstić information content (AvgIpc) is 2.91. The minimum atomic E-state index is -1.72. The SMILES string of the molecule is CC[C@H](C)[C@H](NC(=O)[C@H](CC(C)C)NC(=O)[C@H](C)NC(=O)[C@@H](N)CC(=O)O)C(=O)N[C@@H](CC(N)=O)C(=O)N[C@@H](CO)C(=O)O. The summed E-state index contributed by atoms with van der Waals surface area (Å²) in [7, 11) is 0. The second-order valence-electron chi connectivity index (χ2n) is 10.8. The van der Waals surface area contributed by atoms with Crippen LogP contribution < -0.4 is 38.1 Å². The quantitative estimate of drug-likeness (QED) is 0.0620. The van der Waals surface area contributed by atoms with E-state index in [4.69, 9.17) is 21.7 Å². The van der Waals surface area contributed by atoms with Crippen molar-refractivity contribution in [2.45, 2.75) is 96.6 Å². The fraction of sp³-hybridized carbons (Fsp3) is 0.692. The van der Waals surface area contributed by atoms with E-state index >= 15 is 0 Å². The van der Waals surface area contributed by atoms with Crippen molar-refractivity contribution in [2.75, 3.05) is 6.61 Å². The summed E-state index contributed by atoms with van der Waals surface area (Å²) in [6.07, 6.45) is -0.920. The predicted octanol–water partition coefficient (Wildman–Crippen LogP) is -3.72. The lowest BCUT2D eigenvalue weighted by atomic mass is 9.96. The lowest BCUT2D eigenvalue weighted by Gasteiger charge is -2.29. The molecule has 0 saturated carbocycles. The third-order valence-corrected chi connectivity index (χ3v) is 6.45. The van der Waals surface area contributed by atoms with Gasteiger partial charge in [-0.05, 0) is 25.2 Å². The maximum Gasteiger partial charge on any atom is 0.328 e. The molecule has 18 heteroatoms. The van der Waals surface area contributed by atoms with Gasteiger partial charge in [0.15, 0.2) is 0 Å². The maximum atomic E-state index is 13.4. The van der Waals surface area contributed by atoms with Crippen molar-refractivity contribution >= 4 is 47.4 Å². The zero-order chi connectivity index (χ0) is 34.3. The number of carbonyl (C=O) groups is 8. The topological polar surface area (TPSA) is 309 Å². The van der Waals surface area contributed by atoms with Crippen molar-refractivity contribution < 1.29 is 53.7 Å². The Morgan fingerprint density at radius 2 is 1.20 bits per heavy atom. The second-order valence-corrected chi connectivity index (χ2v) is 10.8. The molecule has 0 saturated heterocycles. The Bertz CT molecular complexity index is 1070. The van der Waals surface area contributed by atoms with Gasteiger partial charge in [-0.15, -0.1) is 0 Å². The molecule has 0 aliphatic heterocycles. The van der Waals surface area contributed by atoms with Crippen LogP contribution in [0.3, 0.4) is 0 Å². The lowest BCUT2D eigenvalue weighted by Crippen LogP contribution is -2.60. The molecule has 0 aliphatic rings. The van der Waals surface area contributed by atoms with Crippen molar-refractivity contribution in [1.29, 1.82) is 0 Å². The van der Waals surface area contributed by atoms with Gasteiger partial charge in [-0.25, -0.2) is 4.79 Å². The first-order valence-electron chi connectivity index (χ1n) is 14.0. The zero-order valence-electron chi connectivity index (χ0n) is 25.4. The Morgan fingerprint density at radius 3 is 1.66 bits per heavy atom. The van der Waals surface area contributed by atoms with Gasteiger partial charge in [0.1, 0.15) is 30.2 Å². The molecule has 6 amide bonds. The summed E-state index contributed by atoms with van der Waals surface area (Å²) in [4.78, 5) is 97.8. The molecule has 7 atom stereocenters. The van der Waals surface area contributed by atoms with E-state index in [-0.39, 0.29) is 12.3 Å². The van der Waals surface area contributed by atoms with Crippen LogP contribution in [0.4, 0.5) is 0 Å². The number of carbonyl (C=O) groups excluding carboxylic acids is 6. The molecule has 0 aliphatic carbocycles. The number of hydrogen-bond acceptors (Lipinski definition) is 10. The van der Waals surface area contributed by atoms with E-state index in [1.807, 2.05) is 5.32 Å². The zero-order valence-corrected chi connectivity index (χ0v) is 25.4. The average molecular weight is 632 g/mol. The van der Waals surface area contributed by atoms with Crippen molar-refractivity contribution in [3.05, 3.63) is 0 Å². The maximum absolute atomic E-state index is 13.4. The molecule has 0 aromatic rings. The number of carboxylic acid groups (broad SMARTS) is 2. The van der Waals surface area contributed by atoms with Crippen LogP contribution in [0, 0.1) is 11.8 Å². The van der Waals surface area contributed by atoms with Gasteiger partial charge in [-0.2, -0.15) is 0 Å². The lowest BCUT2D eigenvalue weighted by molar-refractivity contribution is -0.143. The number of carboxylic acids is 2. The number of hydrogen-bond donors (Lipinski definition) is 10. The third-order valence-electron chi connectivity index (χ3n) is 6.45. The van der Waals surface area contributed by atoms with Crippen molar-refractivity contribution in [1.82, 2.24) is 26.6 Å². The summed E-state index contributed by atoms with van der Waals surface area (Å²) >= 11 is 0. The highest BCUT2D eigenvalue weighted by molar-refractivity contribution is 5.97. The monoisotopic (exact) mass is 631 g/mol. The molecule has 0 aromatic carbocycles. The summed E-state index contributed by atoms with van der Waals surface area (Å²) in [5.41, 5.74) is 10.7. The standard InChI is InChI=1S/C26H45N7O11/c1-6-12(4)20(25(42)31-16(9-18(28)35)23(40)32-17(10-34)26(43)44)33-24(41)15(7-11(2)3)30-21(38)13(5)29-22(39)14(27)8-19(36)37/h11-17,20,34H,6-10,27H2,1-5H3,(H2,28,35)(H,29,39)(H,30,38)(H,31,42)(H,32,40)(H,33,41)(H,36,37)(H,43,44)/t12-,13-,14-,15-,16-,17-,20-/m0/s1. The van der Waals surface area contributed by atoms with E-state index in [2.05, 4.69) is 21.3 Å². The first kappa shape index (κ1) is 39.7. The van der Waals surface area contributed by atoms with Crippen LogP contribution >= 0.6 is 0 Å². The van der Waals surface area contributed by atoms with Crippen molar-refractivity contribution in [3.63, 3.8) is 0 Å². The van der Waals surface area contributed by atoms with Crippen LogP contribution in [-0.4, -0.2) is 106 Å². The number of nitrogens with two attached hydrogens (primary N) is 2. The van der Waals surface area contributed by atoms with Gasteiger partial charge in [-0.1, -0.05) is 34.1 Å². The van der Waals surface area contributed by atoms with Gasteiger partial charge in [0.2, 0.25) is 35.4 Å². The number of primary amides is 1. The number of aliphatic carboxylic acids is 2. The molecule has 0 unspecified atom stereocenters. The molecule has 250 valence electrons. The molecule has 0 aromatic heterocycles. The highest BCUT2D eigenvalue weighted by atomic mass is 16.4. The summed E-state index contributed by atoms with van der Waals surface area (Å²) in [6.45, 7) is 7.21. The van der Waals surface area contributed by atoms with Crippen LogP contribution in [0.15, 0.2) is 0 Å². The van der Waals surface area contributed by atoms with Crippen molar-refractivity contribution in [3.8, 4) is 0 Å². The van der Waals surface area contributed by atoms with Gasteiger partial charge >= 0.3 is 11.9 Å². The fourth-order valence-electron chi connectivity index (χ4n) is 3.75.